The number of primary amides is 1. The van der Waals surface area contributed by atoms with Crippen molar-refractivity contribution in [3.8, 4) is 5.75 Å². The molecule has 82 valence electrons. The second kappa shape index (κ2) is 5.83. The summed E-state index contributed by atoms with van der Waals surface area (Å²) >= 11 is 11.6. The van der Waals surface area contributed by atoms with Crippen molar-refractivity contribution in [1.29, 1.82) is 0 Å². The highest BCUT2D eigenvalue weighted by atomic mass is 35.5. The van der Waals surface area contributed by atoms with Crippen molar-refractivity contribution in [2.75, 3.05) is 6.61 Å². The van der Waals surface area contributed by atoms with Crippen LogP contribution in [0, 0.1) is 0 Å². The first-order valence-corrected chi connectivity index (χ1v) is 5.21. The Balaban J connectivity index is 2.40. The van der Waals surface area contributed by atoms with E-state index in [4.69, 9.17) is 33.7 Å². The number of hydrogen-bond acceptors (Lipinski definition) is 2. The molecule has 0 heterocycles. The van der Waals surface area contributed by atoms with Crippen molar-refractivity contribution in [3.63, 3.8) is 0 Å². The van der Waals surface area contributed by atoms with Crippen molar-refractivity contribution in [2.45, 2.75) is 12.8 Å². The minimum absolute atomic E-state index is 0.311. The standard InChI is InChI=1S/C10H11Cl2NO2/c11-7-3-4-9(8(12)6-7)15-5-1-2-10(13)14/h3-4,6H,1-2,5H2,(H2,13,14). The molecule has 0 atom stereocenters. The maximum absolute atomic E-state index is 10.4. The van der Waals surface area contributed by atoms with Crippen LogP contribution < -0.4 is 10.5 Å². The molecule has 5 heteroatoms. The van der Waals surface area contributed by atoms with Crippen LogP contribution in [0.15, 0.2) is 18.2 Å². The molecule has 0 bridgehead atoms. The van der Waals surface area contributed by atoms with Gasteiger partial charge in [-0.3, -0.25) is 4.79 Å². The van der Waals surface area contributed by atoms with Gasteiger partial charge in [0.05, 0.1) is 11.6 Å². The number of carbonyl (C=O) groups is 1. The van der Waals surface area contributed by atoms with Crippen molar-refractivity contribution < 1.29 is 9.53 Å². The molecule has 0 saturated carbocycles. The predicted octanol–water partition coefficient (Wildman–Crippen LogP) is 2.64. The normalized spacial score (nSPS) is 10.0. The van der Waals surface area contributed by atoms with Gasteiger partial charge in [-0.05, 0) is 24.6 Å². The molecule has 0 aliphatic heterocycles. The summed E-state index contributed by atoms with van der Waals surface area (Å²) in [6.07, 6.45) is 0.888. The molecule has 1 amide bonds. The quantitative estimate of drug-likeness (QED) is 0.814. The summed E-state index contributed by atoms with van der Waals surface area (Å²) in [6, 6.07) is 4.98. The third-order valence-corrected chi connectivity index (χ3v) is 2.25. The molecule has 3 nitrogen and oxygen atoms in total. The van der Waals surface area contributed by atoms with Gasteiger partial charge in [0, 0.05) is 11.4 Å². The largest absolute Gasteiger partial charge is 0.492 e. The molecule has 0 fully saturated rings. The lowest BCUT2D eigenvalue weighted by molar-refractivity contribution is -0.118. The lowest BCUT2D eigenvalue weighted by Crippen LogP contribution is -2.11. The molecule has 0 aliphatic rings. The number of ether oxygens (including phenoxy) is 1. The van der Waals surface area contributed by atoms with Gasteiger partial charge in [0.2, 0.25) is 5.91 Å². The SMILES string of the molecule is NC(=O)CCCOc1ccc(Cl)cc1Cl. The monoisotopic (exact) mass is 247 g/mol. The molecular weight excluding hydrogens is 237 g/mol. The van der Waals surface area contributed by atoms with Crippen LogP contribution in [-0.4, -0.2) is 12.5 Å². The molecule has 0 aliphatic carbocycles. The summed E-state index contributed by atoms with van der Waals surface area (Å²) in [6.45, 7) is 0.407. The average Bonchev–Trinajstić information content (AvgIpc) is 2.14. The van der Waals surface area contributed by atoms with E-state index in [9.17, 15) is 4.79 Å². The lowest BCUT2D eigenvalue weighted by Gasteiger charge is -2.07. The number of hydrogen-bond donors (Lipinski definition) is 1. The highest BCUT2D eigenvalue weighted by molar-refractivity contribution is 6.35. The predicted molar refractivity (Wildman–Crippen MR) is 60.4 cm³/mol. The van der Waals surface area contributed by atoms with Crippen molar-refractivity contribution in [3.05, 3.63) is 28.2 Å². The number of rotatable bonds is 5. The summed E-state index contributed by atoms with van der Waals surface area (Å²) in [4.78, 5) is 10.4. The first-order chi connectivity index (χ1) is 7.09. The third-order valence-electron chi connectivity index (χ3n) is 1.72. The van der Waals surface area contributed by atoms with Gasteiger partial charge in [0.1, 0.15) is 5.75 Å². The minimum atomic E-state index is -0.333. The summed E-state index contributed by atoms with van der Waals surface area (Å²) in [5.41, 5.74) is 4.98. The summed E-state index contributed by atoms with van der Waals surface area (Å²) in [5.74, 6) is 0.228. The van der Waals surface area contributed by atoms with E-state index in [2.05, 4.69) is 0 Å². The van der Waals surface area contributed by atoms with Crippen LogP contribution in [0.2, 0.25) is 10.0 Å². The Morgan fingerprint density at radius 3 is 2.73 bits per heavy atom. The second-order valence-electron chi connectivity index (χ2n) is 2.99. The molecule has 0 aromatic heterocycles. The smallest absolute Gasteiger partial charge is 0.217 e. The van der Waals surface area contributed by atoms with Gasteiger partial charge in [-0.1, -0.05) is 23.2 Å². The zero-order valence-corrected chi connectivity index (χ0v) is 9.52. The molecule has 2 N–H and O–H groups in total. The van der Waals surface area contributed by atoms with E-state index in [1.807, 2.05) is 0 Å². The van der Waals surface area contributed by atoms with Gasteiger partial charge in [-0.25, -0.2) is 0 Å². The fourth-order valence-electron chi connectivity index (χ4n) is 1.02. The maximum atomic E-state index is 10.4. The molecule has 0 unspecified atom stereocenters. The Kier molecular flexibility index (Phi) is 4.72. The summed E-state index contributed by atoms with van der Waals surface area (Å²) < 4.78 is 5.34. The van der Waals surface area contributed by atoms with Crippen LogP contribution in [0.25, 0.3) is 0 Å². The molecule has 0 radical (unpaired) electrons. The molecule has 1 aromatic rings. The van der Waals surface area contributed by atoms with Crippen molar-refractivity contribution in [1.82, 2.24) is 0 Å². The van der Waals surface area contributed by atoms with Gasteiger partial charge in [-0.15, -0.1) is 0 Å². The summed E-state index contributed by atoms with van der Waals surface area (Å²) in [7, 11) is 0. The third kappa shape index (κ3) is 4.40. The topological polar surface area (TPSA) is 52.3 Å². The van der Waals surface area contributed by atoms with E-state index in [0.717, 1.165) is 0 Å². The number of carbonyl (C=O) groups excluding carboxylic acids is 1. The molecular formula is C10H11Cl2NO2. The van der Waals surface area contributed by atoms with E-state index in [1.54, 1.807) is 18.2 Å². The first kappa shape index (κ1) is 12.1. The maximum Gasteiger partial charge on any atom is 0.217 e. The fraction of sp³-hybridized carbons (Fsp3) is 0.300. The molecule has 1 aromatic carbocycles. The van der Waals surface area contributed by atoms with E-state index in [0.29, 0.717) is 35.2 Å². The van der Waals surface area contributed by atoms with Gasteiger partial charge >= 0.3 is 0 Å². The molecule has 0 spiro atoms. The van der Waals surface area contributed by atoms with Gasteiger partial charge in [-0.2, -0.15) is 0 Å². The molecule has 1 rings (SSSR count). The van der Waals surface area contributed by atoms with Crippen LogP contribution in [0.5, 0.6) is 5.75 Å². The highest BCUT2D eigenvalue weighted by Crippen LogP contribution is 2.27. The highest BCUT2D eigenvalue weighted by Gasteiger charge is 2.02. The van der Waals surface area contributed by atoms with Crippen LogP contribution >= 0.6 is 23.2 Å². The summed E-state index contributed by atoms with van der Waals surface area (Å²) in [5, 5.41) is 1.02. The van der Waals surface area contributed by atoms with E-state index in [1.165, 1.54) is 0 Å². The fourth-order valence-corrected chi connectivity index (χ4v) is 1.48. The number of amides is 1. The number of nitrogens with two attached hydrogens (primary N) is 1. The van der Waals surface area contributed by atoms with E-state index >= 15 is 0 Å². The zero-order chi connectivity index (χ0) is 11.3. The van der Waals surface area contributed by atoms with Crippen LogP contribution in [0.4, 0.5) is 0 Å². The molecule has 0 saturated heterocycles. The van der Waals surface area contributed by atoms with Crippen LogP contribution in [-0.2, 0) is 4.79 Å². The Labute approximate surface area is 98.1 Å². The lowest BCUT2D eigenvalue weighted by atomic mass is 10.3. The van der Waals surface area contributed by atoms with Gasteiger partial charge < -0.3 is 10.5 Å². The van der Waals surface area contributed by atoms with Crippen LogP contribution in [0.3, 0.4) is 0 Å². The van der Waals surface area contributed by atoms with Crippen LogP contribution in [0.1, 0.15) is 12.8 Å². The van der Waals surface area contributed by atoms with Gasteiger partial charge in [0.25, 0.3) is 0 Å². The second-order valence-corrected chi connectivity index (χ2v) is 3.84. The number of benzene rings is 1. The Morgan fingerprint density at radius 2 is 2.13 bits per heavy atom. The van der Waals surface area contributed by atoms with Crippen molar-refractivity contribution in [2.24, 2.45) is 5.73 Å². The minimum Gasteiger partial charge on any atom is -0.492 e. The van der Waals surface area contributed by atoms with Crippen molar-refractivity contribution >= 4 is 29.1 Å². The van der Waals surface area contributed by atoms with E-state index in [-0.39, 0.29) is 5.91 Å². The zero-order valence-electron chi connectivity index (χ0n) is 8.00. The molecule has 15 heavy (non-hydrogen) atoms. The average molecular weight is 248 g/mol. The number of halogens is 2. The van der Waals surface area contributed by atoms with Gasteiger partial charge in [0.15, 0.2) is 0 Å². The van der Waals surface area contributed by atoms with E-state index < -0.39 is 0 Å². The first-order valence-electron chi connectivity index (χ1n) is 4.46. The Bertz CT molecular complexity index is 355. The Hall–Kier alpha value is -0.930. The Morgan fingerprint density at radius 1 is 1.40 bits per heavy atom.